The zero-order valence-corrected chi connectivity index (χ0v) is 10.0. The highest BCUT2D eigenvalue weighted by Gasteiger charge is 2.06. The number of anilines is 2. The number of nitrogens with one attached hydrogen (secondary N) is 1. The average molecular weight is 208 g/mol. The first-order valence-electron chi connectivity index (χ1n) is 5.47. The van der Waals surface area contributed by atoms with E-state index in [1.807, 2.05) is 20.2 Å². The Morgan fingerprint density at radius 2 is 2.13 bits per heavy atom. The van der Waals surface area contributed by atoms with E-state index in [0.29, 0.717) is 0 Å². The van der Waals surface area contributed by atoms with Crippen molar-refractivity contribution in [2.24, 2.45) is 0 Å². The quantitative estimate of drug-likeness (QED) is 0.804. The molecule has 0 saturated carbocycles. The molecule has 4 nitrogen and oxygen atoms in total. The van der Waals surface area contributed by atoms with Crippen LogP contribution in [0.25, 0.3) is 0 Å². The summed E-state index contributed by atoms with van der Waals surface area (Å²) in [5.74, 6) is 1.73. The summed E-state index contributed by atoms with van der Waals surface area (Å²) in [5.41, 5.74) is 1.11. The van der Waals surface area contributed by atoms with Crippen LogP contribution >= 0.6 is 0 Å². The van der Waals surface area contributed by atoms with Crippen LogP contribution in [-0.2, 0) is 0 Å². The molecule has 1 aromatic heterocycles. The molecule has 0 bridgehead atoms. The highest BCUT2D eigenvalue weighted by Crippen LogP contribution is 2.15. The van der Waals surface area contributed by atoms with Gasteiger partial charge in [0.15, 0.2) is 0 Å². The van der Waals surface area contributed by atoms with Gasteiger partial charge in [0.25, 0.3) is 0 Å². The van der Waals surface area contributed by atoms with E-state index in [0.717, 1.165) is 36.8 Å². The maximum Gasteiger partial charge on any atom is 0.224 e. The van der Waals surface area contributed by atoms with E-state index in [2.05, 4.69) is 34.0 Å². The van der Waals surface area contributed by atoms with E-state index < -0.39 is 0 Å². The number of hydrogen-bond acceptors (Lipinski definition) is 4. The Morgan fingerprint density at radius 1 is 1.40 bits per heavy atom. The Kier molecular flexibility index (Phi) is 4.34. The molecule has 0 amide bonds. The Hall–Kier alpha value is -1.32. The van der Waals surface area contributed by atoms with Crippen LogP contribution in [0, 0.1) is 6.92 Å². The summed E-state index contributed by atoms with van der Waals surface area (Å²) >= 11 is 0. The van der Waals surface area contributed by atoms with Crippen molar-refractivity contribution in [3.05, 3.63) is 11.8 Å². The fourth-order valence-electron chi connectivity index (χ4n) is 1.29. The van der Waals surface area contributed by atoms with Gasteiger partial charge in [-0.15, -0.1) is 0 Å². The molecule has 0 aliphatic carbocycles. The highest BCUT2D eigenvalue weighted by atomic mass is 15.2. The number of nitrogens with zero attached hydrogens (tertiary/aromatic N) is 3. The zero-order valence-electron chi connectivity index (χ0n) is 10.0. The van der Waals surface area contributed by atoms with E-state index in [1.165, 1.54) is 0 Å². The van der Waals surface area contributed by atoms with Crippen LogP contribution in [0.3, 0.4) is 0 Å². The maximum atomic E-state index is 4.48. The number of rotatable bonds is 5. The van der Waals surface area contributed by atoms with E-state index in [9.17, 15) is 0 Å². The molecule has 0 radical (unpaired) electrons. The van der Waals surface area contributed by atoms with Crippen LogP contribution in [0.2, 0.25) is 0 Å². The minimum Gasteiger partial charge on any atom is -0.360 e. The third-order valence-electron chi connectivity index (χ3n) is 2.31. The van der Waals surface area contributed by atoms with Crippen LogP contribution < -0.4 is 10.2 Å². The number of hydrogen-bond donors (Lipinski definition) is 1. The topological polar surface area (TPSA) is 41.1 Å². The van der Waals surface area contributed by atoms with E-state index in [-0.39, 0.29) is 0 Å². The van der Waals surface area contributed by atoms with Crippen molar-refractivity contribution in [1.29, 1.82) is 0 Å². The molecular formula is C11H20N4. The molecule has 0 aromatic carbocycles. The predicted octanol–water partition coefficient (Wildman–Crippen LogP) is 2.06. The van der Waals surface area contributed by atoms with Crippen LogP contribution in [0.1, 0.15) is 25.8 Å². The molecule has 1 heterocycles. The molecule has 0 unspecified atom stereocenters. The first-order chi connectivity index (χ1) is 7.19. The standard InChI is InChI=1S/C11H20N4/c1-5-7-12-11-13-8-9(3)10(14-11)15(4)6-2/h8H,5-7H2,1-4H3,(H,12,13,14). The Labute approximate surface area is 91.7 Å². The fraction of sp³-hybridized carbons (Fsp3) is 0.636. The van der Waals surface area contributed by atoms with Crippen molar-refractivity contribution >= 4 is 11.8 Å². The van der Waals surface area contributed by atoms with Crippen LogP contribution in [-0.4, -0.2) is 30.1 Å². The summed E-state index contributed by atoms with van der Waals surface area (Å²) in [7, 11) is 2.04. The van der Waals surface area contributed by atoms with Gasteiger partial charge < -0.3 is 10.2 Å². The lowest BCUT2D eigenvalue weighted by atomic mass is 10.3. The molecule has 1 N–H and O–H groups in total. The van der Waals surface area contributed by atoms with Gasteiger partial charge in [0.05, 0.1) is 0 Å². The molecule has 0 saturated heterocycles. The summed E-state index contributed by atoms with van der Waals surface area (Å²) in [5, 5.41) is 3.19. The van der Waals surface area contributed by atoms with Crippen molar-refractivity contribution in [2.75, 3.05) is 30.4 Å². The molecule has 0 spiro atoms. The van der Waals surface area contributed by atoms with Crippen LogP contribution in [0.15, 0.2) is 6.20 Å². The highest BCUT2D eigenvalue weighted by molar-refractivity contribution is 5.48. The van der Waals surface area contributed by atoms with Gasteiger partial charge in [-0.25, -0.2) is 4.98 Å². The molecule has 4 heteroatoms. The largest absolute Gasteiger partial charge is 0.360 e. The minimum atomic E-state index is 0.720. The normalized spacial score (nSPS) is 10.1. The summed E-state index contributed by atoms with van der Waals surface area (Å²) in [6.07, 6.45) is 2.95. The summed E-state index contributed by atoms with van der Waals surface area (Å²) in [4.78, 5) is 10.8. The minimum absolute atomic E-state index is 0.720. The summed E-state index contributed by atoms with van der Waals surface area (Å²) < 4.78 is 0. The SMILES string of the molecule is CCCNc1ncc(C)c(N(C)CC)n1. The molecular weight excluding hydrogens is 188 g/mol. The molecule has 0 aliphatic heterocycles. The zero-order chi connectivity index (χ0) is 11.3. The lowest BCUT2D eigenvalue weighted by Gasteiger charge is -2.18. The van der Waals surface area contributed by atoms with Gasteiger partial charge in [-0.05, 0) is 20.3 Å². The van der Waals surface area contributed by atoms with Gasteiger partial charge in [0.2, 0.25) is 5.95 Å². The molecule has 15 heavy (non-hydrogen) atoms. The first kappa shape index (κ1) is 11.8. The van der Waals surface area contributed by atoms with E-state index in [4.69, 9.17) is 0 Å². The van der Waals surface area contributed by atoms with Crippen molar-refractivity contribution < 1.29 is 0 Å². The lowest BCUT2D eigenvalue weighted by Crippen LogP contribution is -2.19. The van der Waals surface area contributed by atoms with Gasteiger partial charge in [0.1, 0.15) is 5.82 Å². The third-order valence-corrected chi connectivity index (χ3v) is 2.31. The summed E-state index contributed by atoms with van der Waals surface area (Å²) in [6, 6.07) is 0. The van der Waals surface area contributed by atoms with Gasteiger partial charge in [-0.1, -0.05) is 6.92 Å². The maximum absolute atomic E-state index is 4.48. The van der Waals surface area contributed by atoms with E-state index >= 15 is 0 Å². The second-order valence-electron chi connectivity index (χ2n) is 3.64. The van der Waals surface area contributed by atoms with E-state index in [1.54, 1.807) is 0 Å². The van der Waals surface area contributed by atoms with Gasteiger partial charge >= 0.3 is 0 Å². The smallest absolute Gasteiger partial charge is 0.224 e. The molecule has 1 rings (SSSR count). The monoisotopic (exact) mass is 208 g/mol. The van der Waals surface area contributed by atoms with Crippen LogP contribution in [0.4, 0.5) is 11.8 Å². The first-order valence-corrected chi connectivity index (χ1v) is 5.47. The van der Waals surface area contributed by atoms with Gasteiger partial charge in [0, 0.05) is 31.9 Å². The second kappa shape index (κ2) is 5.53. The summed E-state index contributed by atoms with van der Waals surface area (Å²) in [6.45, 7) is 8.13. The average Bonchev–Trinajstić information content (AvgIpc) is 2.27. The lowest BCUT2D eigenvalue weighted by molar-refractivity contribution is 0.903. The van der Waals surface area contributed by atoms with Crippen molar-refractivity contribution in [1.82, 2.24) is 9.97 Å². The Balaban J connectivity index is 2.84. The van der Waals surface area contributed by atoms with Gasteiger partial charge in [-0.3, -0.25) is 0 Å². The second-order valence-corrected chi connectivity index (χ2v) is 3.64. The molecule has 1 aromatic rings. The Morgan fingerprint density at radius 3 is 2.73 bits per heavy atom. The van der Waals surface area contributed by atoms with Crippen molar-refractivity contribution in [3.8, 4) is 0 Å². The van der Waals surface area contributed by atoms with Crippen LogP contribution in [0.5, 0.6) is 0 Å². The number of aromatic nitrogens is 2. The van der Waals surface area contributed by atoms with Crippen molar-refractivity contribution in [2.45, 2.75) is 27.2 Å². The molecule has 0 fully saturated rings. The molecule has 0 atom stereocenters. The fourth-order valence-corrected chi connectivity index (χ4v) is 1.29. The molecule has 0 aliphatic rings. The number of aryl methyl sites for hydroxylation is 1. The molecule has 84 valence electrons. The third kappa shape index (κ3) is 3.08. The van der Waals surface area contributed by atoms with Gasteiger partial charge in [-0.2, -0.15) is 4.98 Å². The predicted molar refractivity (Wildman–Crippen MR) is 64.5 cm³/mol. The Bertz CT molecular complexity index is 311. The van der Waals surface area contributed by atoms with Crippen molar-refractivity contribution in [3.63, 3.8) is 0 Å².